The van der Waals surface area contributed by atoms with E-state index in [0.717, 1.165) is 4.90 Å². The molecule has 0 amide bonds. The molecule has 23 heavy (non-hydrogen) atoms. The van der Waals surface area contributed by atoms with E-state index in [-0.39, 0.29) is 14.1 Å². The van der Waals surface area contributed by atoms with Gasteiger partial charge in [0.25, 0.3) is 0 Å². The second-order valence-corrected chi connectivity index (χ2v) is 4.76. The fourth-order valence-electron chi connectivity index (χ4n) is 1.72. The molecule has 1 heterocycles. The van der Waals surface area contributed by atoms with Crippen molar-refractivity contribution in [3.05, 3.63) is 12.4 Å². The molecule has 0 fully saturated rings. The fraction of sp³-hybridized carbons (Fsp3) is 0.833. The highest BCUT2D eigenvalue weighted by Gasteiger charge is 2.81. The van der Waals surface area contributed by atoms with E-state index < -0.39 is 36.9 Å². The second kappa shape index (κ2) is 6.68. The predicted octanol–water partition coefficient (Wildman–Crippen LogP) is 4.55. The summed E-state index contributed by atoms with van der Waals surface area (Å²) in [6, 6.07) is 0. The molecule has 11 heteroatoms. The van der Waals surface area contributed by atoms with E-state index in [1.807, 2.05) is 0 Å². The first kappa shape index (κ1) is 21.7. The third kappa shape index (κ3) is 3.97. The lowest BCUT2D eigenvalue weighted by molar-refractivity contribution is -0.396. The Hall–Kier alpha value is -1.29. The van der Waals surface area contributed by atoms with Crippen LogP contribution < -0.4 is 0 Å². The topological polar surface area (TPSA) is 6.48 Å². The van der Waals surface area contributed by atoms with Crippen molar-refractivity contribution in [3.8, 4) is 0 Å². The van der Waals surface area contributed by atoms with Crippen LogP contribution in [0.1, 0.15) is 20.8 Å². The third-order valence-electron chi connectivity index (χ3n) is 3.18. The molecule has 0 atom stereocenters. The van der Waals surface area contributed by atoms with Gasteiger partial charge in [-0.2, -0.15) is 39.5 Å². The maximum atomic E-state index is 13.3. The van der Waals surface area contributed by atoms with Crippen LogP contribution in [0.25, 0.3) is 0 Å². The molecule has 0 aliphatic carbocycles. The average molecular weight is 360 g/mol. The predicted molar refractivity (Wildman–Crippen MR) is 65.3 cm³/mol. The van der Waals surface area contributed by atoms with Crippen molar-refractivity contribution in [2.45, 2.75) is 44.7 Å². The summed E-state index contributed by atoms with van der Waals surface area (Å²) in [6.07, 6.45) is -5.89. The van der Waals surface area contributed by atoms with Gasteiger partial charge in [0.2, 0.25) is 0 Å². The molecule has 0 unspecified atom stereocenters. The van der Waals surface area contributed by atoms with Gasteiger partial charge in [0.15, 0.2) is 0 Å². The van der Waals surface area contributed by atoms with Crippen molar-refractivity contribution >= 4 is 0 Å². The zero-order chi connectivity index (χ0) is 17.4. The number of hydrogen-bond acceptors (Lipinski definition) is 2. The third-order valence-corrected chi connectivity index (χ3v) is 3.18. The van der Waals surface area contributed by atoms with Gasteiger partial charge in [0.1, 0.15) is 0 Å². The average Bonchev–Trinajstić information content (AvgIpc) is 2.82. The normalized spacial score (nSPS) is 16.8. The Morgan fingerprint density at radius 1 is 0.826 bits per heavy atom. The van der Waals surface area contributed by atoms with E-state index in [2.05, 4.69) is 0 Å². The lowest BCUT2D eigenvalue weighted by Crippen LogP contribution is -2.61. The summed E-state index contributed by atoms with van der Waals surface area (Å²) in [5, 5.41) is 0. The first-order chi connectivity index (χ1) is 9.76. The first-order valence-corrected chi connectivity index (χ1v) is 6.13. The van der Waals surface area contributed by atoms with Crippen LogP contribution in [0.15, 0.2) is 12.4 Å². The minimum absolute atomic E-state index is 0. The molecule has 0 radical (unpaired) electrons. The van der Waals surface area contributed by atoms with Crippen LogP contribution in [-0.2, 0) is 0 Å². The SMILES string of the molecule is C.CCN1C=CN(CCC(F)(F)C(F)(F)C(F)(F)C(F)(F)F)C1. The van der Waals surface area contributed by atoms with Gasteiger partial charge in [0, 0.05) is 31.9 Å². The minimum Gasteiger partial charge on any atom is -0.359 e. The molecule has 0 aromatic heterocycles. The Bertz CT molecular complexity index is 417. The Balaban J connectivity index is 0.00000484. The maximum absolute atomic E-state index is 13.3. The van der Waals surface area contributed by atoms with Gasteiger partial charge in [-0.1, -0.05) is 7.43 Å². The van der Waals surface area contributed by atoms with Crippen molar-refractivity contribution in [3.63, 3.8) is 0 Å². The standard InChI is InChI=1S/C11H13F9N2.CH4/c1-2-21-5-6-22(7-21)4-3-8(12,13)9(14,15)10(16,17)11(18,19)20;/h5-6H,2-4,7H2,1H3;1H4. The summed E-state index contributed by atoms with van der Waals surface area (Å²) >= 11 is 0. The smallest absolute Gasteiger partial charge is 0.359 e. The Kier molecular flexibility index (Phi) is 6.30. The number of alkyl halides is 9. The van der Waals surface area contributed by atoms with E-state index in [1.165, 1.54) is 12.4 Å². The van der Waals surface area contributed by atoms with Crippen LogP contribution in [0.4, 0.5) is 39.5 Å². The van der Waals surface area contributed by atoms with Gasteiger partial charge >= 0.3 is 23.9 Å². The van der Waals surface area contributed by atoms with E-state index in [1.54, 1.807) is 11.8 Å². The quantitative estimate of drug-likeness (QED) is 0.642. The monoisotopic (exact) mass is 360 g/mol. The molecule has 2 nitrogen and oxygen atoms in total. The number of rotatable bonds is 6. The molecule has 0 saturated heterocycles. The van der Waals surface area contributed by atoms with Gasteiger partial charge < -0.3 is 9.80 Å². The van der Waals surface area contributed by atoms with Gasteiger partial charge in [-0.3, -0.25) is 0 Å². The second-order valence-electron chi connectivity index (χ2n) is 4.76. The van der Waals surface area contributed by atoms with Gasteiger partial charge in [-0.15, -0.1) is 0 Å². The number of halogens is 9. The van der Waals surface area contributed by atoms with E-state index in [0.29, 0.717) is 6.54 Å². The summed E-state index contributed by atoms with van der Waals surface area (Å²) in [5.41, 5.74) is 0. The fourth-order valence-corrected chi connectivity index (χ4v) is 1.72. The molecule has 0 spiro atoms. The van der Waals surface area contributed by atoms with E-state index in [9.17, 15) is 39.5 Å². The van der Waals surface area contributed by atoms with Gasteiger partial charge in [-0.05, 0) is 6.92 Å². The summed E-state index contributed by atoms with van der Waals surface area (Å²) in [5.74, 6) is -18.9. The highest BCUT2D eigenvalue weighted by molar-refractivity contribution is 5.01. The Labute approximate surface area is 127 Å². The highest BCUT2D eigenvalue weighted by atomic mass is 19.4. The molecule has 1 rings (SSSR count). The summed E-state index contributed by atoms with van der Waals surface area (Å²) in [4.78, 5) is 2.71. The largest absolute Gasteiger partial charge is 0.460 e. The van der Waals surface area contributed by atoms with Crippen molar-refractivity contribution in [1.29, 1.82) is 0 Å². The van der Waals surface area contributed by atoms with Gasteiger partial charge in [-0.25, -0.2) is 0 Å². The van der Waals surface area contributed by atoms with E-state index in [4.69, 9.17) is 0 Å². The Morgan fingerprint density at radius 2 is 1.30 bits per heavy atom. The van der Waals surface area contributed by atoms with Crippen molar-refractivity contribution < 1.29 is 39.5 Å². The molecular formula is C12H17F9N2. The van der Waals surface area contributed by atoms with Crippen LogP contribution in [0, 0.1) is 0 Å². The van der Waals surface area contributed by atoms with Crippen molar-refractivity contribution in [1.82, 2.24) is 9.80 Å². The maximum Gasteiger partial charge on any atom is 0.460 e. The van der Waals surface area contributed by atoms with Crippen molar-refractivity contribution in [2.75, 3.05) is 19.8 Å². The molecule has 0 N–H and O–H groups in total. The van der Waals surface area contributed by atoms with Crippen molar-refractivity contribution in [2.24, 2.45) is 0 Å². The lowest BCUT2D eigenvalue weighted by Gasteiger charge is -2.34. The van der Waals surface area contributed by atoms with Crippen LogP contribution in [-0.4, -0.2) is 53.5 Å². The molecule has 138 valence electrons. The lowest BCUT2D eigenvalue weighted by atomic mass is 10.0. The number of nitrogens with zero attached hydrogens (tertiary/aromatic N) is 2. The molecule has 1 aliphatic rings. The molecule has 0 saturated carbocycles. The van der Waals surface area contributed by atoms with Crippen LogP contribution in [0.5, 0.6) is 0 Å². The minimum atomic E-state index is -6.82. The van der Waals surface area contributed by atoms with E-state index >= 15 is 0 Å². The zero-order valence-electron chi connectivity index (χ0n) is 11.3. The molecule has 1 aliphatic heterocycles. The first-order valence-electron chi connectivity index (χ1n) is 6.13. The molecule has 0 bridgehead atoms. The summed E-state index contributed by atoms with van der Waals surface area (Å²) in [6.45, 7) is 1.49. The summed E-state index contributed by atoms with van der Waals surface area (Å²) < 4.78 is 114. The molecular weight excluding hydrogens is 343 g/mol. The highest BCUT2D eigenvalue weighted by Crippen LogP contribution is 2.54. The van der Waals surface area contributed by atoms with Crippen LogP contribution in [0.3, 0.4) is 0 Å². The summed E-state index contributed by atoms with van der Waals surface area (Å²) in [7, 11) is 0. The Morgan fingerprint density at radius 3 is 1.70 bits per heavy atom. The molecule has 0 aromatic rings. The van der Waals surface area contributed by atoms with Crippen LogP contribution in [0.2, 0.25) is 0 Å². The molecule has 0 aromatic carbocycles. The zero-order valence-corrected chi connectivity index (χ0v) is 11.3. The number of hydrogen-bond donors (Lipinski definition) is 0. The van der Waals surface area contributed by atoms with Gasteiger partial charge in [0.05, 0.1) is 6.67 Å². The van der Waals surface area contributed by atoms with Crippen LogP contribution >= 0.6 is 0 Å².